The Morgan fingerprint density at radius 2 is 2.07 bits per heavy atom. The third-order valence-corrected chi connectivity index (χ3v) is 2.42. The third-order valence-electron chi connectivity index (χ3n) is 2.42. The predicted octanol–water partition coefficient (Wildman–Crippen LogP) is 0.170. The summed E-state index contributed by atoms with van der Waals surface area (Å²) < 4.78 is 14.6. The minimum atomic E-state index is -0.934. The van der Waals surface area contributed by atoms with Crippen LogP contribution in [0.3, 0.4) is 0 Å². The van der Waals surface area contributed by atoms with Crippen LogP contribution >= 0.6 is 0 Å². The van der Waals surface area contributed by atoms with Crippen molar-refractivity contribution in [3.8, 4) is 0 Å². The number of hydrogen-bond acceptors (Lipinski definition) is 5. The Morgan fingerprint density at radius 3 is 2.53 bits per heavy atom. The van der Waals surface area contributed by atoms with Crippen molar-refractivity contribution >= 4 is 11.6 Å². The zero-order valence-corrected chi connectivity index (χ0v) is 9.02. The molecule has 0 spiro atoms. The van der Waals surface area contributed by atoms with Crippen molar-refractivity contribution in [1.29, 1.82) is 0 Å². The van der Waals surface area contributed by atoms with Crippen LogP contribution in [0.15, 0.2) is 0 Å². The summed E-state index contributed by atoms with van der Waals surface area (Å²) in [5, 5.41) is 0. The van der Waals surface area contributed by atoms with Crippen LogP contribution in [0, 0.1) is 5.92 Å². The summed E-state index contributed by atoms with van der Waals surface area (Å²) in [6.07, 6.45) is -0.367. The molecule has 0 radical (unpaired) electrons. The van der Waals surface area contributed by atoms with Crippen LogP contribution in [0.5, 0.6) is 0 Å². The minimum Gasteiger partial charge on any atom is -0.381 e. The maximum atomic E-state index is 11.6. The lowest BCUT2D eigenvalue weighted by Gasteiger charge is -2.12. The van der Waals surface area contributed by atoms with E-state index < -0.39 is 6.29 Å². The second kappa shape index (κ2) is 5.95. The van der Waals surface area contributed by atoms with Gasteiger partial charge in [0.1, 0.15) is 5.78 Å². The summed E-state index contributed by atoms with van der Waals surface area (Å²) in [6, 6.07) is 0. The largest absolute Gasteiger partial charge is 0.381 e. The van der Waals surface area contributed by atoms with Crippen LogP contribution in [-0.4, -0.2) is 45.3 Å². The number of hydrogen-bond donors (Lipinski definition) is 0. The van der Waals surface area contributed by atoms with E-state index in [2.05, 4.69) is 0 Å². The highest BCUT2D eigenvalue weighted by Gasteiger charge is 2.27. The first-order valence-corrected chi connectivity index (χ1v) is 4.87. The molecule has 1 atom stereocenters. The van der Waals surface area contributed by atoms with E-state index in [9.17, 15) is 9.59 Å². The van der Waals surface area contributed by atoms with Crippen LogP contribution in [0.2, 0.25) is 0 Å². The Morgan fingerprint density at radius 1 is 1.40 bits per heavy atom. The quantitative estimate of drug-likeness (QED) is 0.468. The zero-order chi connectivity index (χ0) is 11.3. The molecule has 0 aromatic heterocycles. The maximum absolute atomic E-state index is 11.6. The SMILES string of the molecule is COC(OC)C(=O)CC(=O)C1CCOC1. The molecule has 0 saturated carbocycles. The van der Waals surface area contributed by atoms with Crippen LogP contribution in [0.4, 0.5) is 0 Å². The van der Waals surface area contributed by atoms with Gasteiger partial charge in [-0.25, -0.2) is 0 Å². The molecule has 0 aliphatic carbocycles. The number of carbonyl (C=O) groups is 2. The number of Topliss-reactive ketones (excluding diaryl/α,β-unsaturated/α-hetero) is 2. The van der Waals surface area contributed by atoms with Gasteiger partial charge in [0.25, 0.3) is 0 Å². The molecule has 1 fully saturated rings. The van der Waals surface area contributed by atoms with Gasteiger partial charge in [0.05, 0.1) is 13.0 Å². The lowest BCUT2D eigenvalue weighted by atomic mass is 9.99. The molecule has 0 amide bonds. The van der Waals surface area contributed by atoms with Gasteiger partial charge in [0, 0.05) is 26.7 Å². The normalized spacial score (nSPS) is 20.9. The molecular weight excluding hydrogens is 200 g/mol. The van der Waals surface area contributed by atoms with Crippen LogP contribution < -0.4 is 0 Å². The second-order valence-electron chi connectivity index (χ2n) is 3.47. The molecular formula is C10H16O5. The number of carbonyl (C=O) groups excluding carboxylic acids is 2. The first-order chi connectivity index (χ1) is 7.19. The van der Waals surface area contributed by atoms with Gasteiger partial charge in [0.15, 0.2) is 5.78 Å². The van der Waals surface area contributed by atoms with E-state index in [0.29, 0.717) is 19.6 Å². The van der Waals surface area contributed by atoms with Gasteiger partial charge in [-0.1, -0.05) is 0 Å². The molecule has 15 heavy (non-hydrogen) atoms. The number of methoxy groups -OCH3 is 2. The fourth-order valence-corrected chi connectivity index (χ4v) is 1.55. The van der Waals surface area contributed by atoms with E-state index in [1.54, 1.807) is 0 Å². The molecule has 1 aliphatic heterocycles. The number of ketones is 2. The lowest BCUT2D eigenvalue weighted by Crippen LogP contribution is -2.29. The van der Waals surface area contributed by atoms with Crippen molar-refractivity contribution in [3.05, 3.63) is 0 Å². The highest BCUT2D eigenvalue weighted by Crippen LogP contribution is 2.15. The van der Waals surface area contributed by atoms with E-state index >= 15 is 0 Å². The predicted molar refractivity (Wildman–Crippen MR) is 51.4 cm³/mol. The van der Waals surface area contributed by atoms with E-state index in [4.69, 9.17) is 14.2 Å². The first-order valence-electron chi connectivity index (χ1n) is 4.87. The van der Waals surface area contributed by atoms with Gasteiger partial charge in [0.2, 0.25) is 6.29 Å². The molecule has 1 unspecified atom stereocenters. The van der Waals surface area contributed by atoms with E-state index in [0.717, 1.165) is 0 Å². The highest BCUT2D eigenvalue weighted by atomic mass is 16.7. The average Bonchev–Trinajstić information content (AvgIpc) is 2.72. The smallest absolute Gasteiger partial charge is 0.217 e. The van der Waals surface area contributed by atoms with E-state index in [1.165, 1.54) is 14.2 Å². The average molecular weight is 216 g/mol. The van der Waals surface area contributed by atoms with E-state index in [-0.39, 0.29) is 23.9 Å². The van der Waals surface area contributed by atoms with Crippen molar-refractivity contribution in [1.82, 2.24) is 0 Å². The number of rotatable bonds is 6. The van der Waals surface area contributed by atoms with Gasteiger partial charge in [-0.05, 0) is 6.42 Å². The monoisotopic (exact) mass is 216 g/mol. The molecule has 0 bridgehead atoms. The fraction of sp³-hybridized carbons (Fsp3) is 0.800. The summed E-state index contributed by atoms with van der Waals surface area (Å²) >= 11 is 0. The topological polar surface area (TPSA) is 61.8 Å². The Bertz CT molecular complexity index is 216. The summed E-state index contributed by atoms with van der Waals surface area (Å²) in [6.45, 7) is 1.03. The molecule has 5 nitrogen and oxygen atoms in total. The van der Waals surface area contributed by atoms with Gasteiger partial charge in [-0.3, -0.25) is 9.59 Å². The molecule has 0 aromatic rings. The summed E-state index contributed by atoms with van der Waals surface area (Å²) in [5.41, 5.74) is 0. The Hall–Kier alpha value is -0.780. The Kier molecular flexibility index (Phi) is 4.87. The summed E-state index contributed by atoms with van der Waals surface area (Å²) in [4.78, 5) is 23.0. The molecule has 1 aliphatic rings. The Labute approximate surface area is 88.7 Å². The maximum Gasteiger partial charge on any atom is 0.217 e. The van der Waals surface area contributed by atoms with Crippen LogP contribution in [0.1, 0.15) is 12.8 Å². The van der Waals surface area contributed by atoms with Crippen molar-refractivity contribution in [2.45, 2.75) is 19.1 Å². The molecule has 1 rings (SSSR count). The highest BCUT2D eigenvalue weighted by molar-refractivity contribution is 6.01. The van der Waals surface area contributed by atoms with Crippen molar-refractivity contribution in [2.24, 2.45) is 5.92 Å². The minimum absolute atomic E-state index is 0.0865. The molecule has 1 saturated heterocycles. The third kappa shape index (κ3) is 3.37. The fourth-order valence-electron chi connectivity index (χ4n) is 1.55. The van der Waals surface area contributed by atoms with E-state index in [1.807, 2.05) is 0 Å². The van der Waals surface area contributed by atoms with Crippen molar-refractivity contribution < 1.29 is 23.8 Å². The van der Waals surface area contributed by atoms with Crippen LogP contribution in [0.25, 0.3) is 0 Å². The molecule has 1 heterocycles. The lowest BCUT2D eigenvalue weighted by molar-refractivity contribution is -0.158. The standard InChI is InChI=1S/C10H16O5/c1-13-10(14-2)9(12)5-8(11)7-3-4-15-6-7/h7,10H,3-6H2,1-2H3. The Balaban J connectivity index is 2.39. The summed E-state index contributed by atoms with van der Waals surface area (Å²) in [5.74, 6) is -0.559. The van der Waals surface area contributed by atoms with Gasteiger partial charge in [-0.2, -0.15) is 0 Å². The van der Waals surface area contributed by atoms with Gasteiger partial charge < -0.3 is 14.2 Å². The van der Waals surface area contributed by atoms with Gasteiger partial charge in [-0.15, -0.1) is 0 Å². The second-order valence-corrected chi connectivity index (χ2v) is 3.47. The molecule has 5 heteroatoms. The number of ether oxygens (including phenoxy) is 3. The first kappa shape index (κ1) is 12.3. The molecule has 0 aromatic carbocycles. The summed E-state index contributed by atoms with van der Waals surface area (Å²) in [7, 11) is 2.74. The molecule has 86 valence electrons. The van der Waals surface area contributed by atoms with Crippen molar-refractivity contribution in [3.63, 3.8) is 0 Å². The molecule has 0 N–H and O–H groups in total. The zero-order valence-electron chi connectivity index (χ0n) is 9.02. The van der Waals surface area contributed by atoms with Crippen LogP contribution in [-0.2, 0) is 23.8 Å². The van der Waals surface area contributed by atoms with Crippen molar-refractivity contribution in [2.75, 3.05) is 27.4 Å². The van der Waals surface area contributed by atoms with Gasteiger partial charge >= 0.3 is 0 Å².